The average molecular weight is 270 g/mol. The lowest BCUT2D eigenvalue weighted by atomic mass is 10.1. The molecule has 0 saturated heterocycles. The second-order valence-corrected chi connectivity index (χ2v) is 5.21. The molecule has 4 nitrogen and oxygen atoms in total. The normalized spacial score (nSPS) is 12.3. The van der Waals surface area contributed by atoms with Crippen molar-refractivity contribution in [2.45, 2.75) is 32.7 Å². The molecule has 0 aliphatic heterocycles. The Morgan fingerprint density at radius 3 is 2.75 bits per heavy atom. The number of anilines is 1. The zero-order chi connectivity index (χ0) is 14.7. The molecule has 3 N–H and O–H groups in total. The van der Waals surface area contributed by atoms with Crippen molar-refractivity contribution < 1.29 is 0 Å². The number of aromatic nitrogens is 1. The first kappa shape index (κ1) is 14.3. The number of fused-ring (bicyclic) bond motifs is 1. The lowest BCUT2D eigenvalue weighted by Gasteiger charge is -2.27. The number of rotatable bonds is 5. The highest BCUT2D eigenvalue weighted by Crippen LogP contribution is 2.24. The van der Waals surface area contributed by atoms with Gasteiger partial charge in [0.2, 0.25) is 0 Å². The van der Waals surface area contributed by atoms with Gasteiger partial charge in [-0.1, -0.05) is 31.5 Å². The summed E-state index contributed by atoms with van der Waals surface area (Å²) in [7, 11) is 2.02. The van der Waals surface area contributed by atoms with E-state index in [4.69, 9.17) is 16.1 Å². The minimum Gasteiger partial charge on any atom is -0.384 e. The molecular formula is C16H22N4. The monoisotopic (exact) mass is 270 g/mol. The van der Waals surface area contributed by atoms with Crippen molar-refractivity contribution in [1.82, 2.24) is 4.98 Å². The zero-order valence-corrected chi connectivity index (χ0v) is 12.4. The lowest BCUT2D eigenvalue weighted by Crippen LogP contribution is -2.31. The number of pyridine rings is 1. The number of benzene rings is 1. The van der Waals surface area contributed by atoms with Gasteiger partial charge in [0.15, 0.2) is 0 Å². The predicted octanol–water partition coefficient (Wildman–Crippen LogP) is 3.14. The Balaban J connectivity index is 2.54. The minimum absolute atomic E-state index is 0.0637. The third kappa shape index (κ3) is 2.74. The van der Waals surface area contributed by atoms with Crippen molar-refractivity contribution in [3.63, 3.8) is 0 Å². The highest BCUT2D eigenvalue weighted by Gasteiger charge is 2.17. The zero-order valence-electron chi connectivity index (χ0n) is 12.4. The van der Waals surface area contributed by atoms with Crippen molar-refractivity contribution in [3.8, 4) is 0 Å². The van der Waals surface area contributed by atoms with Crippen LogP contribution in [0.3, 0.4) is 0 Å². The van der Waals surface area contributed by atoms with E-state index in [2.05, 4.69) is 18.7 Å². The van der Waals surface area contributed by atoms with Gasteiger partial charge < -0.3 is 10.6 Å². The number of nitrogens with one attached hydrogen (secondary N) is 1. The first-order valence-corrected chi connectivity index (χ1v) is 7.01. The van der Waals surface area contributed by atoms with Gasteiger partial charge in [-0.05, 0) is 25.5 Å². The number of hydrogen-bond acceptors (Lipinski definition) is 3. The summed E-state index contributed by atoms with van der Waals surface area (Å²) in [6.07, 6.45) is 2.21. The Bertz CT molecular complexity index is 621. The summed E-state index contributed by atoms with van der Waals surface area (Å²) in [5.41, 5.74) is 7.37. The molecule has 1 aromatic heterocycles. The number of hydrogen-bond donors (Lipinski definition) is 2. The van der Waals surface area contributed by atoms with E-state index in [9.17, 15) is 0 Å². The van der Waals surface area contributed by atoms with E-state index in [0.717, 1.165) is 29.6 Å². The van der Waals surface area contributed by atoms with E-state index < -0.39 is 0 Å². The summed E-state index contributed by atoms with van der Waals surface area (Å²) in [6.45, 7) is 4.34. The fourth-order valence-electron chi connectivity index (χ4n) is 2.39. The van der Waals surface area contributed by atoms with Crippen molar-refractivity contribution >= 4 is 22.6 Å². The van der Waals surface area contributed by atoms with Crippen LogP contribution in [0.5, 0.6) is 0 Å². The molecule has 0 spiro atoms. The van der Waals surface area contributed by atoms with E-state index >= 15 is 0 Å². The molecule has 0 fully saturated rings. The van der Waals surface area contributed by atoms with Crippen molar-refractivity contribution in [1.29, 1.82) is 5.41 Å². The number of nitrogen functional groups attached to an aromatic ring is 1. The van der Waals surface area contributed by atoms with Gasteiger partial charge in [-0.3, -0.25) is 5.41 Å². The number of amidine groups is 1. The van der Waals surface area contributed by atoms with Crippen LogP contribution >= 0.6 is 0 Å². The van der Waals surface area contributed by atoms with Crippen LogP contribution in [0.1, 0.15) is 32.3 Å². The predicted molar refractivity (Wildman–Crippen MR) is 85.5 cm³/mol. The molecule has 4 heteroatoms. The van der Waals surface area contributed by atoms with Gasteiger partial charge in [0, 0.05) is 18.5 Å². The average Bonchev–Trinajstić information content (AvgIpc) is 2.45. The highest BCUT2D eigenvalue weighted by molar-refractivity contribution is 6.03. The van der Waals surface area contributed by atoms with E-state index in [-0.39, 0.29) is 5.84 Å². The maximum atomic E-state index is 7.80. The molecule has 0 bridgehead atoms. The van der Waals surface area contributed by atoms with E-state index in [0.29, 0.717) is 11.6 Å². The molecule has 1 atom stereocenters. The fraction of sp³-hybridized carbons (Fsp3) is 0.375. The molecule has 0 amide bonds. The van der Waals surface area contributed by atoms with E-state index in [1.165, 1.54) is 0 Å². The molecule has 2 aromatic rings. The molecule has 0 aliphatic carbocycles. The van der Waals surface area contributed by atoms with Crippen molar-refractivity contribution in [3.05, 3.63) is 35.9 Å². The van der Waals surface area contributed by atoms with Crippen LogP contribution in [-0.4, -0.2) is 23.9 Å². The molecule has 20 heavy (non-hydrogen) atoms. The quantitative estimate of drug-likeness (QED) is 0.648. The Hall–Kier alpha value is -2.10. The van der Waals surface area contributed by atoms with Gasteiger partial charge in [0.1, 0.15) is 11.7 Å². The third-order valence-electron chi connectivity index (χ3n) is 3.70. The largest absolute Gasteiger partial charge is 0.384 e. The van der Waals surface area contributed by atoms with E-state index in [1.54, 1.807) is 0 Å². The molecular weight excluding hydrogens is 248 g/mol. The summed E-state index contributed by atoms with van der Waals surface area (Å²) >= 11 is 0. The molecule has 106 valence electrons. The molecule has 1 aromatic carbocycles. The smallest absolute Gasteiger partial charge is 0.140 e. The van der Waals surface area contributed by atoms with Crippen LogP contribution in [-0.2, 0) is 0 Å². The standard InChI is InChI=1S/C16H22N4/c1-4-7-11(2)20(3)16-13(15(17)18)10-12-8-5-6-9-14(12)19-16/h5-6,8-11H,4,7H2,1-3H3,(H3,17,18). The summed E-state index contributed by atoms with van der Waals surface area (Å²) in [4.78, 5) is 6.82. The van der Waals surface area contributed by atoms with Gasteiger partial charge >= 0.3 is 0 Å². The highest BCUT2D eigenvalue weighted by atomic mass is 15.2. The molecule has 0 aliphatic rings. The van der Waals surface area contributed by atoms with Gasteiger partial charge in [-0.15, -0.1) is 0 Å². The summed E-state index contributed by atoms with van der Waals surface area (Å²) < 4.78 is 0. The van der Waals surface area contributed by atoms with Crippen molar-refractivity contribution in [2.24, 2.45) is 5.73 Å². The Morgan fingerprint density at radius 1 is 1.40 bits per heavy atom. The second-order valence-electron chi connectivity index (χ2n) is 5.21. The Kier molecular flexibility index (Phi) is 4.23. The van der Waals surface area contributed by atoms with Crippen LogP contribution in [0.2, 0.25) is 0 Å². The summed E-state index contributed by atoms with van der Waals surface area (Å²) in [5, 5.41) is 8.81. The van der Waals surface area contributed by atoms with Crippen LogP contribution < -0.4 is 10.6 Å². The van der Waals surface area contributed by atoms with Gasteiger partial charge in [0.25, 0.3) is 0 Å². The maximum Gasteiger partial charge on any atom is 0.140 e. The second kappa shape index (κ2) is 5.90. The number of para-hydroxylation sites is 1. The van der Waals surface area contributed by atoms with Crippen molar-refractivity contribution in [2.75, 3.05) is 11.9 Å². The van der Waals surface area contributed by atoms with E-state index in [1.807, 2.05) is 37.4 Å². The SMILES string of the molecule is CCCC(C)N(C)c1nc2ccccc2cc1C(=N)N. The van der Waals surface area contributed by atoms with Crippen LogP contribution in [0.4, 0.5) is 5.82 Å². The molecule has 2 rings (SSSR count). The van der Waals surface area contributed by atoms with Crippen LogP contribution in [0.25, 0.3) is 10.9 Å². The third-order valence-corrected chi connectivity index (χ3v) is 3.70. The minimum atomic E-state index is 0.0637. The maximum absolute atomic E-state index is 7.80. The molecule has 0 radical (unpaired) electrons. The number of nitrogens with two attached hydrogens (primary N) is 1. The molecule has 0 saturated carbocycles. The lowest BCUT2D eigenvalue weighted by molar-refractivity contribution is 0.611. The Labute approximate surface area is 120 Å². The molecule has 1 unspecified atom stereocenters. The Morgan fingerprint density at radius 2 is 2.10 bits per heavy atom. The topological polar surface area (TPSA) is 66.0 Å². The van der Waals surface area contributed by atoms with Crippen LogP contribution in [0, 0.1) is 5.41 Å². The summed E-state index contributed by atoms with van der Waals surface area (Å²) in [5.74, 6) is 0.853. The number of nitrogens with zero attached hydrogens (tertiary/aromatic N) is 2. The van der Waals surface area contributed by atoms with Gasteiger partial charge in [0.05, 0.1) is 11.1 Å². The first-order chi connectivity index (χ1) is 9.54. The van der Waals surface area contributed by atoms with Crippen LogP contribution in [0.15, 0.2) is 30.3 Å². The first-order valence-electron chi connectivity index (χ1n) is 7.01. The fourth-order valence-corrected chi connectivity index (χ4v) is 2.39. The molecule has 1 heterocycles. The van der Waals surface area contributed by atoms with Gasteiger partial charge in [-0.25, -0.2) is 4.98 Å². The summed E-state index contributed by atoms with van der Waals surface area (Å²) in [6, 6.07) is 10.2. The van der Waals surface area contributed by atoms with Gasteiger partial charge in [-0.2, -0.15) is 0 Å².